The van der Waals surface area contributed by atoms with E-state index in [1.807, 2.05) is 66.7 Å². The molecule has 4 aromatic carbocycles. The third-order valence-electron chi connectivity index (χ3n) is 5.30. The number of hydrogen-bond donors (Lipinski definition) is 1. The lowest BCUT2D eigenvalue weighted by atomic mass is 10.1. The molecular weight excluding hydrogens is 384 g/mol. The van der Waals surface area contributed by atoms with Gasteiger partial charge < -0.3 is 14.5 Å². The molecule has 0 amide bonds. The molecule has 4 heteroatoms. The summed E-state index contributed by atoms with van der Waals surface area (Å²) in [5.74, 6) is 2.44. The van der Waals surface area contributed by atoms with Gasteiger partial charge in [0.05, 0.1) is 18.1 Å². The monoisotopic (exact) mass is 406 g/mol. The molecule has 0 bridgehead atoms. The van der Waals surface area contributed by atoms with Crippen LogP contribution in [0.5, 0.6) is 11.5 Å². The highest BCUT2D eigenvalue weighted by Gasteiger charge is 2.10. The van der Waals surface area contributed by atoms with Crippen LogP contribution in [-0.4, -0.2) is 17.1 Å². The van der Waals surface area contributed by atoms with Gasteiger partial charge in [-0.2, -0.15) is 0 Å². The number of methoxy groups -OCH3 is 1. The maximum Gasteiger partial charge on any atom is 0.138 e. The van der Waals surface area contributed by atoms with Crippen molar-refractivity contribution in [3.05, 3.63) is 103 Å². The highest BCUT2D eigenvalue weighted by atomic mass is 16.5. The number of H-pyrrole nitrogens is 1. The number of ether oxygens (including phenoxy) is 2. The van der Waals surface area contributed by atoms with E-state index in [2.05, 4.69) is 35.3 Å². The van der Waals surface area contributed by atoms with Crippen molar-refractivity contribution >= 4 is 11.0 Å². The number of hydrogen-bond acceptors (Lipinski definition) is 3. The fraction of sp³-hybridized carbons (Fsp3) is 0.0741. The molecular formula is C27H22N2O2. The maximum absolute atomic E-state index is 6.06. The lowest BCUT2D eigenvalue weighted by molar-refractivity contribution is 0.297. The third kappa shape index (κ3) is 4.01. The molecule has 0 spiro atoms. The molecule has 4 nitrogen and oxygen atoms in total. The van der Waals surface area contributed by atoms with Gasteiger partial charge in [0, 0.05) is 11.1 Å². The summed E-state index contributed by atoms with van der Waals surface area (Å²) in [5.41, 5.74) is 6.28. The van der Waals surface area contributed by atoms with Crippen LogP contribution in [0.3, 0.4) is 0 Å². The standard InChI is InChI=1S/C27H22N2O2/c1-30-26-16-13-21(27-28-24-9-5-6-10-25(24)29-27)17-22(26)18-31-23-14-11-20(12-15-23)19-7-3-2-4-8-19/h2-17H,18H2,1H3,(H,28,29). The SMILES string of the molecule is COc1ccc(-c2nc3ccccc3[nH]2)cc1COc1ccc(-c2ccccc2)cc1. The lowest BCUT2D eigenvalue weighted by Crippen LogP contribution is -1.99. The lowest BCUT2D eigenvalue weighted by Gasteiger charge is -2.12. The van der Waals surface area contributed by atoms with E-state index in [-0.39, 0.29) is 0 Å². The Hall–Kier alpha value is -4.05. The number of nitrogens with zero attached hydrogens (tertiary/aromatic N) is 1. The van der Waals surface area contributed by atoms with Crippen LogP contribution < -0.4 is 9.47 Å². The first-order valence-electron chi connectivity index (χ1n) is 10.2. The van der Waals surface area contributed by atoms with Crippen molar-refractivity contribution in [2.45, 2.75) is 6.61 Å². The van der Waals surface area contributed by atoms with Crippen molar-refractivity contribution in [3.8, 4) is 34.0 Å². The van der Waals surface area contributed by atoms with Gasteiger partial charge in [-0.05, 0) is 53.6 Å². The Kier molecular flexibility index (Phi) is 5.11. The minimum absolute atomic E-state index is 0.405. The number of imidazole rings is 1. The first-order chi connectivity index (χ1) is 15.3. The van der Waals surface area contributed by atoms with Crippen molar-refractivity contribution in [1.82, 2.24) is 9.97 Å². The summed E-state index contributed by atoms with van der Waals surface area (Å²) in [5, 5.41) is 0. The average molecular weight is 406 g/mol. The summed E-state index contributed by atoms with van der Waals surface area (Å²) >= 11 is 0. The van der Waals surface area contributed by atoms with Crippen LogP contribution in [0.25, 0.3) is 33.5 Å². The van der Waals surface area contributed by atoms with Crippen molar-refractivity contribution in [1.29, 1.82) is 0 Å². The van der Waals surface area contributed by atoms with Gasteiger partial charge in [0.2, 0.25) is 0 Å². The second kappa shape index (κ2) is 8.36. The zero-order valence-electron chi connectivity index (χ0n) is 17.2. The van der Waals surface area contributed by atoms with Gasteiger partial charge in [-0.15, -0.1) is 0 Å². The molecule has 0 unspecified atom stereocenters. The maximum atomic E-state index is 6.06. The number of aromatic amines is 1. The van der Waals surface area contributed by atoms with Crippen molar-refractivity contribution in [2.24, 2.45) is 0 Å². The van der Waals surface area contributed by atoms with E-state index < -0.39 is 0 Å². The molecule has 31 heavy (non-hydrogen) atoms. The minimum atomic E-state index is 0.405. The molecule has 0 aliphatic carbocycles. The van der Waals surface area contributed by atoms with Crippen LogP contribution in [0.1, 0.15) is 5.56 Å². The molecule has 152 valence electrons. The number of fused-ring (bicyclic) bond motifs is 1. The van der Waals surface area contributed by atoms with Crippen LogP contribution in [0.2, 0.25) is 0 Å². The Morgan fingerprint density at radius 3 is 2.23 bits per heavy atom. The largest absolute Gasteiger partial charge is 0.496 e. The smallest absolute Gasteiger partial charge is 0.138 e. The van der Waals surface area contributed by atoms with Crippen molar-refractivity contribution < 1.29 is 9.47 Å². The normalized spacial score (nSPS) is 10.9. The third-order valence-corrected chi connectivity index (χ3v) is 5.30. The second-order valence-corrected chi connectivity index (χ2v) is 7.31. The van der Waals surface area contributed by atoms with Crippen LogP contribution in [0.4, 0.5) is 0 Å². The Morgan fingerprint density at radius 2 is 1.45 bits per heavy atom. The van der Waals surface area contributed by atoms with Gasteiger partial charge in [-0.1, -0.05) is 54.6 Å². The fourth-order valence-corrected chi connectivity index (χ4v) is 3.66. The van der Waals surface area contributed by atoms with E-state index in [0.717, 1.165) is 45.0 Å². The molecule has 5 aromatic rings. The second-order valence-electron chi connectivity index (χ2n) is 7.31. The average Bonchev–Trinajstić information content (AvgIpc) is 3.28. The van der Waals surface area contributed by atoms with E-state index in [4.69, 9.17) is 14.5 Å². The molecule has 1 N–H and O–H groups in total. The van der Waals surface area contributed by atoms with E-state index in [1.54, 1.807) is 7.11 Å². The Labute approximate surface area is 181 Å². The number of para-hydroxylation sites is 2. The molecule has 0 aliphatic heterocycles. The predicted octanol–water partition coefficient (Wildman–Crippen LogP) is 6.48. The Bertz CT molecular complexity index is 1280. The summed E-state index contributed by atoms with van der Waals surface area (Å²) in [6.45, 7) is 0.405. The summed E-state index contributed by atoms with van der Waals surface area (Å²) < 4.78 is 11.6. The summed E-state index contributed by atoms with van der Waals surface area (Å²) in [6, 6.07) is 32.5. The minimum Gasteiger partial charge on any atom is -0.496 e. The van der Waals surface area contributed by atoms with Gasteiger partial charge in [0.15, 0.2) is 0 Å². The van der Waals surface area contributed by atoms with Crippen LogP contribution >= 0.6 is 0 Å². The fourth-order valence-electron chi connectivity index (χ4n) is 3.66. The van der Waals surface area contributed by atoms with Gasteiger partial charge in [-0.25, -0.2) is 4.98 Å². The van der Waals surface area contributed by atoms with Gasteiger partial charge in [0.25, 0.3) is 0 Å². The number of rotatable bonds is 6. The number of aromatic nitrogens is 2. The van der Waals surface area contributed by atoms with E-state index >= 15 is 0 Å². The molecule has 1 heterocycles. The van der Waals surface area contributed by atoms with Crippen LogP contribution in [0, 0.1) is 0 Å². The highest BCUT2D eigenvalue weighted by molar-refractivity contribution is 5.79. The molecule has 0 saturated heterocycles. The van der Waals surface area contributed by atoms with E-state index in [9.17, 15) is 0 Å². The number of benzene rings is 4. The topological polar surface area (TPSA) is 47.1 Å². The van der Waals surface area contributed by atoms with Crippen LogP contribution in [-0.2, 0) is 6.61 Å². The molecule has 0 radical (unpaired) electrons. The summed E-state index contributed by atoms with van der Waals surface area (Å²) in [7, 11) is 1.67. The highest BCUT2D eigenvalue weighted by Crippen LogP contribution is 2.28. The van der Waals surface area contributed by atoms with Crippen molar-refractivity contribution in [2.75, 3.05) is 7.11 Å². The zero-order valence-corrected chi connectivity index (χ0v) is 17.2. The van der Waals surface area contributed by atoms with Gasteiger partial charge in [-0.3, -0.25) is 0 Å². The van der Waals surface area contributed by atoms with Crippen LogP contribution in [0.15, 0.2) is 97.1 Å². The predicted molar refractivity (Wildman–Crippen MR) is 124 cm³/mol. The molecule has 0 saturated carbocycles. The summed E-state index contributed by atoms with van der Waals surface area (Å²) in [6.07, 6.45) is 0. The zero-order chi connectivity index (χ0) is 21.0. The van der Waals surface area contributed by atoms with Gasteiger partial charge >= 0.3 is 0 Å². The molecule has 0 fully saturated rings. The quantitative estimate of drug-likeness (QED) is 0.351. The Balaban J connectivity index is 1.36. The van der Waals surface area contributed by atoms with Crippen molar-refractivity contribution in [3.63, 3.8) is 0 Å². The first-order valence-corrected chi connectivity index (χ1v) is 10.2. The molecule has 0 aliphatic rings. The van der Waals surface area contributed by atoms with E-state index in [0.29, 0.717) is 6.61 Å². The number of nitrogens with one attached hydrogen (secondary N) is 1. The molecule has 5 rings (SSSR count). The molecule has 1 aromatic heterocycles. The molecule has 0 atom stereocenters. The Morgan fingerprint density at radius 1 is 0.742 bits per heavy atom. The summed E-state index contributed by atoms with van der Waals surface area (Å²) in [4.78, 5) is 8.08. The first kappa shape index (κ1) is 18.9. The van der Waals surface area contributed by atoms with E-state index in [1.165, 1.54) is 5.56 Å². The van der Waals surface area contributed by atoms with Gasteiger partial charge in [0.1, 0.15) is 23.9 Å².